The van der Waals surface area contributed by atoms with Crippen LogP contribution in [-0.2, 0) is 4.79 Å². The standard InChI is InChI=1S/C15H26N2O3/c18-14(19)5-4-13-7-10-17(11-8-13)15(20)16-9-6-12-2-1-3-12/h12-13H,1-11H2,(H,16,20)(H,18,19). The van der Waals surface area contributed by atoms with Crippen molar-refractivity contribution in [2.75, 3.05) is 19.6 Å². The van der Waals surface area contributed by atoms with Crippen LogP contribution in [0.25, 0.3) is 0 Å². The minimum Gasteiger partial charge on any atom is -0.481 e. The number of carboxylic acid groups (broad SMARTS) is 1. The number of nitrogens with one attached hydrogen (secondary N) is 1. The summed E-state index contributed by atoms with van der Waals surface area (Å²) in [5.41, 5.74) is 0. The molecule has 0 aromatic heterocycles. The third-order valence-corrected chi connectivity index (χ3v) is 4.72. The van der Waals surface area contributed by atoms with Gasteiger partial charge in [0.1, 0.15) is 0 Å². The summed E-state index contributed by atoms with van der Waals surface area (Å²) in [5.74, 6) is 0.573. The molecule has 1 heterocycles. The van der Waals surface area contributed by atoms with E-state index < -0.39 is 5.97 Å². The molecule has 2 rings (SSSR count). The fourth-order valence-corrected chi connectivity index (χ4v) is 3.03. The zero-order valence-corrected chi connectivity index (χ0v) is 12.1. The Morgan fingerprint density at radius 1 is 1.05 bits per heavy atom. The number of urea groups is 1. The minimum absolute atomic E-state index is 0.0565. The smallest absolute Gasteiger partial charge is 0.317 e. The van der Waals surface area contributed by atoms with Crippen LogP contribution in [-0.4, -0.2) is 41.6 Å². The first-order valence-corrected chi connectivity index (χ1v) is 7.89. The van der Waals surface area contributed by atoms with Gasteiger partial charge < -0.3 is 15.3 Å². The first-order valence-electron chi connectivity index (χ1n) is 7.89. The van der Waals surface area contributed by atoms with Gasteiger partial charge in [-0.1, -0.05) is 19.3 Å². The summed E-state index contributed by atoms with van der Waals surface area (Å²) in [6.45, 7) is 2.32. The van der Waals surface area contributed by atoms with Crippen molar-refractivity contribution in [1.82, 2.24) is 10.2 Å². The monoisotopic (exact) mass is 282 g/mol. The number of likely N-dealkylation sites (tertiary alicyclic amines) is 1. The lowest BCUT2D eigenvalue weighted by molar-refractivity contribution is -0.137. The lowest BCUT2D eigenvalue weighted by atomic mass is 9.83. The molecule has 0 bridgehead atoms. The minimum atomic E-state index is -0.721. The molecule has 20 heavy (non-hydrogen) atoms. The van der Waals surface area contributed by atoms with E-state index in [1.807, 2.05) is 4.90 Å². The fraction of sp³-hybridized carbons (Fsp3) is 0.867. The van der Waals surface area contributed by atoms with Crippen molar-refractivity contribution >= 4 is 12.0 Å². The topological polar surface area (TPSA) is 69.6 Å². The average molecular weight is 282 g/mol. The SMILES string of the molecule is O=C(O)CCC1CCN(C(=O)NCCC2CCC2)CC1. The molecule has 2 aliphatic rings. The number of carbonyl (C=O) groups is 2. The first kappa shape index (κ1) is 15.1. The molecule has 2 N–H and O–H groups in total. The molecule has 1 aliphatic heterocycles. The summed E-state index contributed by atoms with van der Waals surface area (Å²) in [6.07, 6.45) is 7.97. The van der Waals surface area contributed by atoms with Gasteiger partial charge in [-0.15, -0.1) is 0 Å². The Balaban J connectivity index is 1.57. The highest BCUT2D eigenvalue weighted by molar-refractivity contribution is 5.74. The van der Waals surface area contributed by atoms with Crippen molar-refractivity contribution in [2.24, 2.45) is 11.8 Å². The van der Waals surface area contributed by atoms with E-state index >= 15 is 0 Å². The Morgan fingerprint density at radius 3 is 2.25 bits per heavy atom. The molecule has 0 atom stereocenters. The second-order valence-corrected chi connectivity index (χ2v) is 6.18. The molecule has 5 heteroatoms. The van der Waals surface area contributed by atoms with Gasteiger partial charge in [-0.3, -0.25) is 4.79 Å². The van der Waals surface area contributed by atoms with Crippen LogP contribution < -0.4 is 5.32 Å². The molecule has 2 fully saturated rings. The van der Waals surface area contributed by atoms with Crippen LogP contribution in [0.3, 0.4) is 0 Å². The van der Waals surface area contributed by atoms with Crippen molar-refractivity contribution in [3.63, 3.8) is 0 Å². The number of carboxylic acids is 1. The second kappa shape index (κ2) is 7.50. The van der Waals surface area contributed by atoms with Crippen molar-refractivity contribution in [3.05, 3.63) is 0 Å². The van der Waals surface area contributed by atoms with E-state index in [1.165, 1.54) is 19.3 Å². The highest BCUT2D eigenvalue weighted by Gasteiger charge is 2.23. The third kappa shape index (κ3) is 4.69. The van der Waals surface area contributed by atoms with Crippen LogP contribution in [0, 0.1) is 11.8 Å². The summed E-state index contributed by atoms with van der Waals surface area (Å²) in [5, 5.41) is 11.7. The largest absolute Gasteiger partial charge is 0.481 e. The maximum Gasteiger partial charge on any atom is 0.317 e. The number of carbonyl (C=O) groups excluding carboxylic acids is 1. The highest BCUT2D eigenvalue weighted by Crippen LogP contribution is 2.28. The van der Waals surface area contributed by atoms with Gasteiger partial charge in [-0.05, 0) is 37.5 Å². The molecule has 0 spiro atoms. The molecule has 0 aromatic carbocycles. The van der Waals surface area contributed by atoms with E-state index in [-0.39, 0.29) is 12.5 Å². The van der Waals surface area contributed by atoms with Gasteiger partial charge in [-0.2, -0.15) is 0 Å². The van der Waals surface area contributed by atoms with Gasteiger partial charge in [-0.25, -0.2) is 4.79 Å². The molecular formula is C15H26N2O3. The van der Waals surface area contributed by atoms with E-state index in [0.717, 1.165) is 51.2 Å². The summed E-state index contributed by atoms with van der Waals surface area (Å²) in [4.78, 5) is 24.4. The molecule has 1 saturated carbocycles. The number of amides is 2. The van der Waals surface area contributed by atoms with Crippen molar-refractivity contribution in [1.29, 1.82) is 0 Å². The fourth-order valence-electron chi connectivity index (χ4n) is 3.03. The number of nitrogens with zero attached hydrogens (tertiary/aromatic N) is 1. The van der Waals surface area contributed by atoms with E-state index in [0.29, 0.717) is 5.92 Å². The Kier molecular flexibility index (Phi) is 5.68. The molecule has 0 unspecified atom stereocenters. The maximum atomic E-state index is 12.0. The van der Waals surface area contributed by atoms with Crippen molar-refractivity contribution in [3.8, 4) is 0 Å². The lowest BCUT2D eigenvalue weighted by Gasteiger charge is -2.32. The van der Waals surface area contributed by atoms with Crippen molar-refractivity contribution in [2.45, 2.75) is 51.4 Å². The van der Waals surface area contributed by atoms with E-state index in [4.69, 9.17) is 5.11 Å². The van der Waals surface area contributed by atoms with E-state index in [9.17, 15) is 9.59 Å². The van der Waals surface area contributed by atoms with Crippen LogP contribution >= 0.6 is 0 Å². The lowest BCUT2D eigenvalue weighted by Crippen LogP contribution is -2.45. The molecule has 0 aromatic rings. The second-order valence-electron chi connectivity index (χ2n) is 6.18. The van der Waals surface area contributed by atoms with E-state index in [2.05, 4.69) is 5.32 Å². The van der Waals surface area contributed by atoms with Crippen LogP contribution in [0.1, 0.15) is 51.4 Å². The van der Waals surface area contributed by atoms with Gasteiger partial charge in [0, 0.05) is 26.1 Å². The average Bonchev–Trinajstić information content (AvgIpc) is 2.39. The molecule has 114 valence electrons. The number of rotatable bonds is 6. The van der Waals surface area contributed by atoms with Gasteiger partial charge in [0.25, 0.3) is 0 Å². The molecule has 5 nitrogen and oxygen atoms in total. The van der Waals surface area contributed by atoms with Gasteiger partial charge >= 0.3 is 12.0 Å². The Labute approximate surface area is 120 Å². The summed E-state index contributed by atoms with van der Waals surface area (Å²) >= 11 is 0. The van der Waals surface area contributed by atoms with Crippen LogP contribution in [0.15, 0.2) is 0 Å². The summed E-state index contributed by atoms with van der Waals surface area (Å²) < 4.78 is 0. The number of piperidine rings is 1. The molecule has 1 saturated heterocycles. The molecule has 0 radical (unpaired) electrons. The predicted octanol–water partition coefficient (Wildman–Crippen LogP) is 2.46. The van der Waals surface area contributed by atoms with Crippen LogP contribution in [0.5, 0.6) is 0 Å². The quantitative estimate of drug-likeness (QED) is 0.786. The first-order chi connectivity index (χ1) is 9.65. The predicted molar refractivity (Wildman–Crippen MR) is 76.5 cm³/mol. The number of hydrogen-bond donors (Lipinski definition) is 2. The molecular weight excluding hydrogens is 256 g/mol. The summed E-state index contributed by atoms with van der Waals surface area (Å²) in [7, 11) is 0. The van der Waals surface area contributed by atoms with Crippen molar-refractivity contribution < 1.29 is 14.7 Å². The van der Waals surface area contributed by atoms with Gasteiger partial charge in [0.05, 0.1) is 0 Å². The number of hydrogen-bond acceptors (Lipinski definition) is 2. The Bertz CT molecular complexity index is 334. The Hall–Kier alpha value is -1.26. The van der Waals surface area contributed by atoms with E-state index in [1.54, 1.807) is 0 Å². The maximum absolute atomic E-state index is 12.0. The highest BCUT2D eigenvalue weighted by atomic mass is 16.4. The molecule has 1 aliphatic carbocycles. The summed E-state index contributed by atoms with van der Waals surface area (Å²) in [6, 6.07) is 0.0565. The van der Waals surface area contributed by atoms with Crippen LogP contribution in [0.2, 0.25) is 0 Å². The zero-order chi connectivity index (χ0) is 14.4. The Morgan fingerprint density at radius 2 is 1.70 bits per heavy atom. The third-order valence-electron chi connectivity index (χ3n) is 4.72. The normalized spacial score (nSPS) is 20.5. The number of aliphatic carboxylic acids is 1. The van der Waals surface area contributed by atoms with Crippen LogP contribution in [0.4, 0.5) is 4.79 Å². The van der Waals surface area contributed by atoms with Gasteiger partial charge in [0.15, 0.2) is 0 Å². The zero-order valence-electron chi connectivity index (χ0n) is 12.1. The van der Waals surface area contributed by atoms with Gasteiger partial charge in [0.2, 0.25) is 0 Å². The molecule has 2 amide bonds.